The number of ether oxygens (including phenoxy) is 2. The Balaban J connectivity index is 3.89. The van der Waals surface area contributed by atoms with E-state index in [0.717, 1.165) is 44.4 Å². The Labute approximate surface area is 289 Å². The maximum absolute atomic E-state index is 12.3. The van der Waals surface area contributed by atoms with E-state index in [0.29, 0.717) is 6.42 Å². The molecule has 0 spiro atoms. The van der Waals surface area contributed by atoms with E-state index in [1.165, 1.54) is 128 Å². The summed E-state index contributed by atoms with van der Waals surface area (Å²) < 4.78 is 26.3. The highest BCUT2D eigenvalue weighted by Crippen LogP contribution is 2.36. The minimum absolute atomic E-state index is 0.217. The summed E-state index contributed by atoms with van der Waals surface area (Å²) in [6, 6.07) is 0. The van der Waals surface area contributed by atoms with Crippen LogP contribution in [0.25, 0.3) is 0 Å². The summed E-state index contributed by atoms with van der Waals surface area (Å²) in [5.74, 6) is -0.0511. The topological polar surface area (TPSA) is 119 Å². The molecule has 8 nitrogen and oxygen atoms in total. The Morgan fingerprint density at radius 2 is 0.936 bits per heavy atom. The molecule has 0 radical (unpaired) electrons. The molecule has 0 fully saturated rings. The van der Waals surface area contributed by atoms with Gasteiger partial charge in [-0.15, -0.1) is 0 Å². The number of phosphoric ester groups is 1. The summed E-state index contributed by atoms with van der Waals surface area (Å²) in [6.07, 6.45) is 32.6. The molecule has 2 atom stereocenters. The van der Waals surface area contributed by atoms with Crippen molar-refractivity contribution in [3.8, 4) is 0 Å². The van der Waals surface area contributed by atoms with Gasteiger partial charge in [-0.2, -0.15) is 0 Å². The first kappa shape index (κ1) is 46.0. The van der Waals surface area contributed by atoms with Crippen molar-refractivity contribution in [2.75, 3.05) is 13.2 Å². The van der Waals surface area contributed by atoms with E-state index in [-0.39, 0.29) is 19.4 Å². The van der Waals surface area contributed by atoms with E-state index in [1.54, 1.807) is 0 Å². The first-order chi connectivity index (χ1) is 22.7. The molecule has 0 aromatic heterocycles. The van der Waals surface area contributed by atoms with Gasteiger partial charge in [0.1, 0.15) is 6.61 Å². The van der Waals surface area contributed by atoms with Crippen molar-refractivity contribution in [1.82, 2.24) is 0 Å². The Hall–Kier alpha value is -0.950. The summed E-state index contributed by atoms with van der Waals surface area (Å²) in [6.45, 7) is 6.02. The van der Waals surface area contributed by atoms with Crippen LogP contribution in [0.15, 0.2) is 0 Å². The standard InChI is InChI=1S/C38H75O8P/c1-4-6-7-8-9-10-11-12-13-14-15-16-17-18-22-25-28-31-37(39)44-33-36(34-45-47(41,42)43)46-38(40)32-29-26-23-20-19-21-24-27-30-35(3)5-2/h35-36H,4-34H2,1-3H3,(H2,41,42,43)/t35?,36-/m1/s1. The van der Waals surface area contributed by atoms with Crippen LogP contribution < -0.4 is 0 Å². The average Bonchev–Trinajstić information content (AvgIpc) is 3.04. The SMILES string of the molecule is CCCCCCCCCCCCCCCCCCCC(=O)OC[C@H](COP(=O)(O)O)OC(=O)CCCCCCCCCCC(C)CC. The van der Waals surface area contributed by atoms with Crippen molar-refractivity contribution < 1.29 is 37.9 Å². The molecule has 0 aromatic rings. The van der Waals surface area contributed by atoms with Crippen LogP contribution in [0.4, 0.5) is 0 Å². The minimum atomic E-state index is -4.74. The molecule has 2 N–H and O–H groups in total. The van der Waals surface area contributed by atoms with Gasteiger partial charge in [-0.05, 0) is 18.8 Å². The molecular weight excluding hydrogens is 615 g/mol. The van der Waals surface area contributed by atoms with E-state index < -0.39 is 32.5 Å². The zero-order valence-corrected chi connectivity index (χ0v) is 31.8. The molecule has 0 amide bonds. The zero-order chi connectivity index (χ0) is 34.9. The first-order valence-corrected chi connectivity index (χ1v) is 21.3. The third kappa shape index (κ3) is 36.2. The second-order valence-electron chi connectivity index (χ2n) is 13.9. The molecular formula is C38H75O8P. The monoisotopic (exact) mass is 691 g/mol. The second-order valence-corrected chi connectivity index (χ2v) is 15.1. The molecule has 0 saturated heterocycles. The number of unbranched alkanes of at least 4 members (excludes halogenated alkanes) is 23. The molecule has 47 heavy (non-hydrogen) atoms. The van der Waals surface area contributed by atoms with Crippen LogP contribution in [0, 0.1) is 5.92 Å². The zero-order valence-electron chi connectivity index (χ0n) is 30.9. The predicted octanol–water partition coefficient (Wildman–Crippen LogP) is 11.5. The van der Waals surface area contributed by atoms with Gasteiger partial charge in [0.05, 0.1) is 6.61 Å². The van der Waals surface area contributed by atoms with Crippen LogP contribution in [0.3, 0.4) is 0 Å². The van der Waals surface area contributed by atoms with Crippen LogP contribution in [-0.4, -0.2) is 41.0 Å². The van der Waals surface area contributed by atoms with E-state index >= 15 is 0 Å². The number of carbonyl (C=O) groups excluding carboxylic acids is 2. The number of rotatable bonds is 36. The summed E-state index contributed by atoms with van der Waals surface area (Å²) >= 11 is 0. The Kier molecular flexibility index (Phi) is 32.9. The van der Waals surface area contributed by atoms with Gasteiger partial charge >= 0.3 is 19.8 Å². The van der Waals surface area contributed by atoms with Gasteiger partial charge < -0.3 is 19.3 Å². The first-order valence-electron chi connectivity index (χ1n) is 19.7. The van der Waals surface area contributed by atoms with Crippen LogP contribution >= 0.6 is 7.82 Å². The summed E-state index contributed by atoms with van der Waals surface area (Å²) in [5.41, 5.74) is 0. The van der Waals surface area contributed by atoms with E-state index in [9.17, 15) is 14.2 Å². The van der Waals surface area contributed by atoms with Gasteiger partial charge in [0.15, 0.2) is 6.10 Å². The maximum Gasteiger partial charge on any atom is 0.469 e. The highest BCUT2D eigenvalue weighted by atomic mass is 31.2. The lowest BCUT2D eigenvalue weighted by Gasteiger charge is -2.18. The van der Waals surface area contributed by atoms with Crippen molar-refractivity contribution in [2.24, 2.45) is 5.92 Å². The fourth-order valence-electron chi connectivity index (χ4n) is 5.82. The molecule has 280 valence electrons. The van der Waals surface area contributed by atoms with Crippen molar-refractivity contribution in [1.29, 1.82) is 0 Å². The number of hydrogen-bond acceptors (Lipinski definition) is 6. The van der Waals surface area contributed by atoms with Crippen LogP contribution in [0.1, 0.15) is 207 Å². The lowest BCUT2D eigenvalue weighted by atomic mass is 9.99. The Bertz CT molecular complexity index is 756. The van der Waals surface area contributed by atoms with Crippen molar-refractivity contribution in [3.63, 3.8) is 0 Å². The summed E-state index contributed by atoms with van der Waals surface area (Å²) in [5, 5.41) is 0. The molecule has 0 heterocycles. The summed E-state index contributed by atoms with van der Waals surface area (Å²) in [4.78, 5) is 42.7. The molecule has 0 bridgehead atoms. The van der Waals surface area contributed by atoms with Crippen molar-refractivity contribution in [3.05, 3.63) is 0 Å². The van der Waals surface area contributed by atoms with Crippen molar-refractivity contribution in [2.45, 2.75) is 213 Å². The van der Waals surface area contributed by atoms with Crippen LogP contribution in [-0.2, 0) is 28.2 Å². The normalized spacial score (nSPS) is 13.0. The quantitative estimate of drug-likeness (QED) is 0.0379. The number of hydrogen-bond donors (Lipinski definition) is 2. The molecule has 9 heteroatoms. The lowest BCUT2D eigenvalue weighted by Crippen LogP contribution is -2.29. The fraction of sp³-hybridized carbons (Fsp3) is 0.947. The lowest BCUT2D eigenvalue weighted by molar-refractivity contribution is -0.161. The largest absolute Gasteiger partial charge is 0.469 e. The average molecular weight is 691 g/mol. The van der Waals surface area contributed by atoms with E-state index in [2.05, 4.69) is 25.3 Å². The van der Waals surface area contributed by atoms with Gasteiger partial charge in [0.2, 0.25) is 0 Å². The molecule has 0 aliphatic rings. The third-order valence-electron chi connectivity index (χ3n) is 9.17. The molecule has 0 rings (SSSR count). The number of phosphoric acid groups is 1. The fourth-order valence-corrected chi connectivity index (χ4v) is 6.18. The Morgan fingerprint density at radius 1 is 0.553 bits per heavy atom. The maximum atomic E-state index is 12.3. The predicted molar refractivity (Wildman–Crippen MR) is 193 cm³/mol. The van der Waals surface area contributed by atoms with Gasteiger partial charge in [-0.1, -0.05) is 181 Å². The number of esters is 2. The van der Waals surface area contributed by atoms with Gasteiger partial charge in [-0.3, -0.25) is 14.1 Å². The van der Waals surface area contributed by atoms with Crippen LogP contribution in [0.5, 0.6) is 0 Å². The third-order valence-corrected chi connectivity index (χ3v) is 9.65. The molecule has 0 aromatic carbocycles. The summed E-state index contributed by atoms with van der Waals surface area (Å²) in [7, 11) is -4.74. The van der Waals surface area contributed by atoms with E-state index in [4.69, 9.17) is 19.3 Å². The van der Waals surface area contributed by atoms with Crippen molar-refractivity contribution >= 4 is 19.8 Å². The Morgan fingerprint density at radius 3 is 1.34 bits per heavy atom. The second kappa shape index (κ2) is 33.5. The smallest absolute Gasteiger partial charge is 0.462 e. The highest BCUT2D eigenvalue weighted by molar-refractivity contribution is 7.46. The molecule has 0 aliphatic heterocycles. The van der Waals surface area contributed by atoms with Gasteiger partial charge in [0.25, 0.3) is 0 Å². The molecule has 0 saturated carbocycles. The van der Waals surface area contributed by atoms with Gasteiger partial charge in [-0.25, -0.2) is 4.57 Å². The van der Waals surface area contributed by atoms with Crippen LogP contribution in [0.2, 0.25) is 0 Å². The number of carbonyl (C=O) groups is 2. The van der Waals surface area contributed by atoms with Gasteiger partial charge in [0, 0.05) is 12.8 Å². The molecule has 0 aliphatic carbocycles. The minimum Gasteiger partial charge on any atom is -0.462 e. The molecule has 1 unspecified atom stereocenters. The van der Waals surface area contributed by atoms with E-state index in [1.807, 2.05) is 0 Å². The highest BCUT2D eigenvalue weighted by Gasteiger charge is 2.22.